The molecule has 3 rings (SSSR count). The molecular formula is C20H27N5O2. The lowest BCUT2D eigenvalue weighted by molar-refractivity contribution is -0.127. The lowest BCUT2D eigenvalue weighted by Gasteiger charge is -2.32. The molecule has 1 aliphatic rings. The average molecular weight is 369 g/mol. The van der Waals surface area contributed by atoms with Crippen LogP contribution < -0.4 is 5.32 Å². The van der Waals surface area contributed by atoms with Crippen molar-refractivity contribution in [1.29, 1.82) is 0 Å². The largest absolute Gasteiger partial charge is 0.346 e. The molecule has 1 N–H and O–H groups in total. The lowest BCUT2D eigenvalue weighted by Crippen LogP contribution is -2.43. The normalized spacial score (nSPS) is 16.2. The van der Waals surface area contributed by atoms with E-state index in [9.17, 15) is 9.59 Å². The Morgan fingerprint density at radius 3 is 2.52 bits per heavy atom. The van der Waals surface area contributed by atoms with E-state index in [1.54, 1.807) is 4.68 Å². The summed E-state index contributed by atoms with van der Waals surface area (Å²) in [5.41, 5.74) is 1.84. The molecule has 1 fully saturated rings. The van der Waals surface area contributed by atoms with Crippen molar-refractivity contribution in [2.24, 2.45) is 5.92 Å². The van der Waals surface area contributed by atoms with Gasteiger partial charge in [-0.15, -0.1) is 0 Å². The van der Waals surface area contributed by atoms with Crippen LogP contribution in [0.15, 0.2) is 30.6 Å². The van der Waals surface area contributed by atoms with E-state index in [-0.39, 0.29) is 23.8 Å². The van der Waals surface area contributed by atoms with Crippen LogP contribution in [0.25, 0.3) is 0 Å². The summed E-state index contributed by atoms with van der Waals surface area (Å²) >= 11 is 0. The van der Waals surface area contributed by atoms with Gasteiger partial charge in [0.25, 0.3) is 5.91 Å². The minimum Gasteiger partial charge on any atom is -0.346 e. The Morgan fingerprint density at radius 2 is 1.89 bits per heavy atom. The van der Waals surface area contributed by atoms with Gasteiger partial charge in [0.05, 0.1) is 6.04 Å². The molecule has 1 aromatic heterocycles. The Balaban J connectivity index is 1.53. The predicted molar refractivity (Wildman–Crippen MR) is 102 cm³/mol. The van der Waals surface area contributed by atoms with Gasteiger partial charge in [0, 0.05) is 31.1 Å². The van der Waals surface area contributed by atoms with Crippen molar-refractivity contribution in [3.63, 3.8) is 0 Å². The third-order valence-electron chi connectivity index (χ3n) is 5.14. The van der Waals surface area contributed by atoms with Gasteiger partial charge in [-0.1, -0.05) is 17.7 Å². The second kappa shape index (κ2) is 8.33. The lowest BCUT2D eigenvalue weighted by atomic mass is 9.95. The number of nitrogens with zero attached hydrogens (tertiary/aromatic N) is 4. The summed E-state index contributed by atoms with van der Waals surface area (Å²) in [7, 11) is 0. The summed E-state index contributed by atoms with van der Waals surface area (Å²) in [6.07, 6.45) is 2.86. The summed E-state index contributed by atoms with van der Waals surface area (Å²) in [5.74, 6) is 0.749. The maximum absolute atomic E-state index is 12.6. The topological polar surface area (TPSA) is 80.1 Å². The molecule has 27 heavy (non-hydrogen) atoms. The van der Waals surface area contributed by atoms with E-state index in [1.165, 1.54) is 6.33 Å². The number of hydrogen-bond donors (Lipinski definition) is 1. The highest BCUT2D eigenvalue weighted by atomic mass is 16.2. The van der Waals surface area contributed by atoms with Gasteiger partial charge < -0.3 is 10.2 Å². The zero-order valence-corrected chi connectivity index (χ0v) is 16.2. The van der Waals surface area contributed by atoms with E-state index in [4.69, 9.17) is 0 Å². The predicted octanol–water partition coefficient (Wildman–Crippen LogP) is 2.34. The van der Waals surface area contributed by atoms with Crippen LogP contribution in [0.5, 0.6) is 0 Å². The van der Waals surface area contributed by atoms with Crippen molar-refractivity contribution >= 4 is 11.8 Å². The maximum Gasteiger partial charge on any atom is 0.253 e. The highest BCUT2D eigenvalue weighted by molar-refractivity contribution is 5.94. The van der Waals surface area contributed by atoms with Crippen molar-refractivity contribution in [1.82, 2.24) is 25.0 Å². The van der Waals surface area contributed by atoms with E-state index in [0.717, 1.165) is 17.9 Å². The fourth-order valence-corrected chi connectivity index (χ4v) is 3.47. The molecule has 144 valence electrons. The van der Waals surface area contributed by atoms with E-state index >= 15 is 0 Å². The van der Waals surface area contributed by atoms with Gasteiger partial charge in [0.2, 0.25) is 5.91 Å². The molecule has 1 saturated heterocycles. The molecule has 1 atom stereocenters. The SMILES string of the molecule is CCn1ncnc1[C@@H](C)NC(=O)C1CCN(C(=O)c2ccc(C)cc2)CC1. The quantitative estimate of drug-likeness (QED) is 0.877. The molecule has 2 amide bonds. The van der Waals surface area contributed by atoms with Crippen LogP contribution in [0.1, 0.15) is 54.5 Å². The molecule has 0 spiro atoms. The highest BCUT2D eigenvalue weighted by Gasteiger charge is 2.29. The number of piperidine rings is 1. The molecule has 0 radical (unpaired) electrons. The summed E-state index contributed by atoms with van der Waals surface area (Å²) in [6, 6.07) is 7.43. The number of carbonyl (C=O) groups excluding carboxylic acids is 2. The second-order valence-corrected chi connectivity index (χ2v) is 7.10. The van der Waals surface area contributed by atoms with Gasteiger partial charge in [-0.05, 0) is 45.7 Å². The molecule has 0 aliphatic carbocycles. The van der Waals surface area contributed by atoms with Crippen molar-refractivity contribution in [2.45, 2.75) is 46.2 Å². The molecule has 2 aromatic rings. The summed E-state index contributed by atoms with van der Waals surface area (Å²) in [6.45, 7) is 7.84. The van der Waals surface area contributed by atoms with Gasteiger partial charge in [0.1, 0.15) is 12.2 Å². The number of aromatic nitrogens is 3. The molecule has 0 saturated carbocycles. The Bertz CT molecular complexity index is 791. The number of rotatable bonds is 5. The van der Waals surface area contributed by atoms with Crippen molar-refractivity contribution < 1.29 is 9.59 Å². The monoisotopic (exact) mass is 369 g/mol. The number of carbonyl (C=O) groups is 2. The standard InChI is InChI=1S/C20H27N5O2/c1-4-25-18(21-13-22-25)15(3)23-19(26)16-9-11-24(12-10-16)20(27)17-7-5-14(2)6-8-17/h5-8,13,15-16H,4,9-12H2,1-3H3,(H,23,26)/t15-/m1/s1. The molecule has 0 unspecified atom stereocenters. The average Bonchev–Trinajstić information content (AvgIpc) is 3.17. The minimum atomic E-state index is -0.188. The van der Waals surface area contributed by atoms with Crippen LogP contribution in [0.3, 0.4) is 0 Å². The van der Waals surface area contributed by atoms with Crippen LogP contribution in [0.2, 0.25) is 0 Å². The number of amides is 2. The first-order valence-electron chi connectivity index (χ1n) is 9.53. The first-order valence-corrected chi connectivity index (χ1v) is 9.53. The molecule has 1 aliphatic heterocycles. The van der Waals surface area contributed by atoms with Crippen molar-refractivity contribution in [2.75, 3.05) is 13.1 Å². The number of aryl methyl sites for hydroxylation is 2. The second-order valence-electron chi connectivity index (χ2n) is 7.10. The molecule has 2 heterocycles. The maximum atomic E-state index is 12.6. The summed E-state index contributed by atoms with van der Waals surface area (Å²) in [4.78, 5) is 31.3. The summed E-state index contributed by atoms with van der Waals surface area (Å²) in [5, 5.41) is 7.19. The van der Waals surface area contributed by atoms with E-state index in [2.05, 4.69) is 15.4 Å². The first kappa shape index (κ1) is 19.1. The molecule has 0 bridgehead atoms. The van der Waals surface area contributed by atoms with Gasteiger partial charge in [-0.25, -0.2) is 9.67 Å². The smallest absolute Gasteiger partial charge is 0.253 e. The fourth-order valence-electron chi connectivity index (χ4n) is 3.47. The Hall–Kier alpha value is -2.70. The first-order chi connectivity index (χ1) is 13.0. The molecule has 1 aromatic carbocycles. The van der Waals surface area contributed by atoms with Gasteiger partial charge in [-0.3, -0.25) is 9.59 Å². The number of likely N-dealkylation sites (tertiary alicyclic amines) is 1. The zero-order valence-electron chi connectivity index (χ0n) is 16.2. The Kier molecular flexibility index (Phi) is 5.88. The minimum absolute atomic E-state index is 0.0237. The molecular weight excluding hydrogens is 342 g/mol. The van der Waals surface area contributed by atoms with E-state index in [1.807, 2.05) is 49.9 Å². The van der Waals surface area contributed by atoms with Crippen LogP contribution in [-0.4, -0.2) is 44.6 Å². The Labute approximate surface area is 159 Å². The van der Waals surface area contributed by atoms with E-state index < -0.39 is 0 Å². The van der Waals surface area contributed by atoms with Crippen molar-refractivity contribution in [3.05, 3.63) is 47.5 Å². The van der Waals surface area contributed by atoms with Crippen molar-refractivity contribution in [3.8, 4) is 0 Å². The van der Waals surface area contributed by atoms with Gasteiger partial charge >= 0.3 is 0 Å². The van der Waals surface area contributed by atoms with E-state index in [0.29, 0.717) is 31.5 Å². The van der Waals surface area contributed by atoms with Crippen LogP contribution >= 0.6 is 0 Å². The van der Waals surface area contributed by atoms with Gasteiger partial charge in [-0.2, -0.15) is 5.10 Å². The highest BCUT2D eigenvalue weighted by Crippen LogP contribution is 2.21. The van der Waals surface area contributed by atoms with Crippen LogP contribution in [0.4, 0.5) is 0 Å². The van der Waals surface area contributed by atoms with Gasteiger partial charge in [0.15, 0.2) is 0 Å². The Morgan fingerprint density at radius 1 is 1.22 bits per heavy atom. The fraction of sp³-hybridized carbons (Fsp3) is 0.500. The number of benzene rings is 1. The third-order valence-corrected chi connectivity index (χ3v) is 5.14. The summed E-state index contributed by atoms with van der Waals surface area (Å²) < 4.78 is 1.79. The van der Waals surface area contributed by atoms with Crippen LogP contribution in [-0.2, 0) is 11.3 Å². The molecule has 7 nitrogen and oxygen atoms in total. The zero-order chi connectivity index (χ0) is 19.4. The molecule has 7 heteroatoms. The number of hydrogen-bond acceptors (Lipinski definition) is 4. The third kappa shape index (κ3) is 4.35. The number of nitrogens with one attached hydrogen (secondary N) is 1. The van der Waals surface area contributed by atoms with Crippen LogP contribution in [0, 0.1) is 12.8 Å².